The summed E-state index contributed by atoms with van der Waals surface area (Å²) in [5.41, 5.74) is 3.51. The maximum absolute atomic E-state index is 12.1. The number of H-pyrrole nitrogens is 1. The lowest BCUT2D eigenvalue weighted by atomic mass is 10.1. The van der Waals surface area contributed by atoms with Crippen LogP contribution in [0.2, 0.25) is 0 Å². The standard InChI is InChI=1S/C16H20N4O.ClH/c1-11-4-6-12(7-5-11)14-9-15(20-19-14)16(21)18-10-13-3-2-8-17-13;/h4-7,9,13,17H,2-3,8,10H2,1H3,(H,18,21)(H,19,20);1H. The van der Waals surface area contributed by atoms with Gasteiger partial charge in [0.15, 0.2) is 0 Å². The van der Waals surface area contributed by atoms with E-state index in [-0.39, 0.29) is 18.3 Å². The number of carbonyl (C=O) groups excluding carboxylic acids is 1. The Morgan fingerprint density at radius 1 is 1.36 bits per heavy atom. The summed E-state index contributed by atoms with van der Waals surface area (Å²) in [6, 6.07) is 10.3. The third-order valence-corrected chi connectivity index (χ3v) is 3.84. The predicted molar refractivity (Wildman–Crippen MR) is 89.4 cm³/mol. The molecular weight excluding hydrogens is 300 g/mol. The highest BCUT2D eigenvalue weighted by atomic mass is 35.5. The summed E-state index contributed by atoms with van der Waals surface area (Å²) >= 11 is 0. The molecule has 1 fully saturated rings. The Kier molecular flexibility index (Phi) is 5.57. The fourth-order valence-corrected chi connectivity index (χ4v) is 2.55. The highest BCUT2D eigenvalue weighted by Crippen LogP contribution is 2.18. The summed E-state index contributed by atoms with van der Waals surface area (Å²) in [6.07, 6.45) is 2.31. The first-order valence-electron chi connectivity index (χ1n) is 7.36. The molecule has 1 aliphatic rings. The molecule has 1 aromatic heterocycles. The van der Waals surface area contributed by atoms with E-state index >= 15 is 0 Å². The smallest absolute Gasteiger partial charge is 0.269 e. The fourth-order valence-electron chi connectivity index (χ4n) is 2.55. The number of amides is 1. The highest BCUT2D eigenvalue weighted by Gasteiger charge is 2.16. The first kappa shape index (κ1) is 16.5. The van der Waals surface area contributed by atoms with Crippen molar-refractivity contribution < 1.29 is 4.79 Å². The van der Waals surface area contributed by atoms with Crippen molar-refractivity contribution in [3.05, 3.63) is 41.6 Å². The van der Waals surface area contributed by atoms with Gasteiger partial charge in [0.2, 0.25) is 0 Å². The number of aromatic nitrogens is 2. The zero-order valence-electron chi connectivity index (χ0n) is 12.6. The van der Waals surface area contributed by atoms with Crippen molar-refractivity contribution in [2.75, 3.05) is 13.1 Å². The number of carbonyl (C=O) groups is 1. The minimum absolute atomic E-state index is 0. The Hall–Kier alpha value is -1.85. The second kappa shape index (κ2) is 7.42. The number of benzene rings is 1. The minimum Gasteiger partial charge on any atom is -0.349 e. The van der Waals surface area contributed by atoms with Gasteiger partial charge in [-0.1, -0.05) is 29.8 Å². The van der Waals surface area contributed by atoms with Gasteiger partial charge >= 0.3 is 0 Å². The van der Waals surface area contributed by atoms with Crippen molar-refractivity contribution in [3.8, 4) is 11.3 Å². The molecule has 1 amide bonds. The topological polar surface area (TPSA) is 69.8 Å². The Morgan fingerprint density at radius 2 is 2.14 bits per heavy atom. The van der Waals surface area contributed by atoms with Crippen LogP contribution in [-0.4, -0.2) is 35.2 Å². The molecule has 22 heavy (non-hydrogen) atoms. The molecule has 1 unspecified atom stereocenters. The van der Waals surface area contributed by atoms with Crippen molar-refractivity contribution in [1.29, 1.82) is 0 Å². The van der Waals surface area contributed by atoms with Crippen LogP contribution in [0.5, 0.6) is 0 Å². The van der Waals surface area contributed by atoms with Gasteiger partial charge in [-0.25, -0.2) is 0 Å². The van der Waals surface area contributed by atoms with E-state index in [1.165, 1.54) is 12.0 Å². The SMILES string of the molecule is Cc1ccc(-c2cc(C(=O)NCC3CCCN3)[nH]n2)cc1.Cl. The van der Waals surface area contributed by atoms with E-state index in [1.807, 2.05) is 31.2 Å². The molecule has 0 spiro atoms. The van der Waals surface area contributed by atoms with Crippen LogP contribution in [0.3, 0.4) is 0 Å². The number of rotatable bonds is 4. The van der Waals surface area contributed by atoms with Gasteiger partial charge in [0, 0.05) is 18.2 Å². The molecule has 118 valence electrons. The summed E-state index contributed by atoms with van der Waals surface area (Å²) in [4.78, 5) is 12.1. The van der Waals surface area contributed by atoms with Gasteiger partial charge in [-0.3, -0.25) is 9.89 Å². The first-order chi connectivity index (χ1) is 10.2. The number of nitrogens with one attached hydrogen (secondary N) is 3. The lowest BCUT2D eigenvalue weighted by Crippen LogP contribution is -2.37. The van der Waals surface area contributed by atoms with Crippen LogP contribution >= 0.6 is 12.4 Å². The van der Waals surface area contributed by atoms with Gasteiger partial charge in [-0.15, -0.1) is 12.4 Å². The Morgan fingerprint density at radius 3 is 2.82 bits per heavy atom. The van der Waals surface area contributed by atoms with Crippen LogP contribution < -0.4 is 10.6 Å². The second-order valence-electron chi connectivity index (χ2n) is 5.54. The van der Waals surface area contributed by atoms with Gasteiger partial charge in [-0.2, -0.15) is 5.10 Å². The van der Waals surface area contributed by atoms with E-state index in [1.54, 1.807) is 6.07 Å². The monoisotopic (exact) mass is 320 g/mol. The molecule has 1 atom stereocenters. The average molecular weight is 321 g/mol. The molecule has 3 N–H and O–H groups in total. The van der Waals surface area contributed by atoms with Gasteiger partial charge in [0.1, 0.15) is 5.69 Å². The second-order valence-corrected chi connectivity index (χ2v) is 5.54. The fraction of sp³-hybridized carbons (Fsp3) is 0.375. The quantitative estimate of drug-likeness (QED) is 0.809. The van der Waals surface area contributed by atoms with E-state index in [2.05, 4.69) is 20.8 Å². The number of hydrogen-bond acceptors (Lipinski definition) is 3. The number of aromatic amines is 1. The summed E-state index contributed by atoms with van der Waals surface area (Å²) in [5, 5.41) is 13.3. The Labute approximate surface area is 136 Å². The molecule has 6 heteroatoms. The molecule has 2 heterocycles. The highest BCUT2D eigenvalue weighted by molar-refractivity contribution is 5.93. The lowest BCUT2D eigenvalue weighted by Gasteiger charge is -2.10. The largest absolute Gasteiger partial charge is 0.349 e. The zero-order chi connectivity index (χ0) is 14.7. The van der Waals surface area contributed by atoms with Gasteiger partial charge in [0.25, 0.3) is 5.91 Å². The van der Waals surface area contributed by atoms with E-state index in [4.69, 9.17) is 0 Å². The molecular formula is C16H21ClN4O. The molecule has 1 aliphatic heterocycles. The number of nitrogens with zero attached hydrogens (tertiary/aromatic N) is 1. The number of hydrogen-bond donors (Lipinski definition) is 3. The molecule has 0 radical (unpaired) electrons. The van der Waals surface area contributed by atoms with Crippen LogP contribution in [0.15, 0.2) is 30.3 Å². The predicted octanol–water partition coefficient (Wildman–Crippen LogP) is 2.29. The summed E-state index contributed by atoms with van der Waals surface area (Å²) < 4.78 is 0. The van der Waals surface area contributed by atoms with Crippen LogP contribution in [0.1, 0.15) is 28.9 Å². The van der Waals surface area contributed by atoms with Crippen molar-refractivity contribution in [2.45, 2.75) is 25.8 Å². The molecule has 1 saturated heterocycles. The van der Waals surface area contributed by atoms with Crippen LogP contribution in [-0.2, 0) is 0 Å². The lowest BCUT2D eigenvalue weighted by molar-refractivity contribution is 0.0945. The van der Waals surface area contributed by atoms with Crippen molar-refractivity contribution >= 4 is 18.3 Å². The number of halogens is 1. The summed E-state index contributed by atoms with van der Waals surface area (Å²) in [7, 11) is 0. The van der Waals surface area contributed by atoms with Crippen molar-refractivity contribution in [1.82, 2.24) is 20.8 Å². The third-order valence-electron chi connectivity index (χ3n) is 3.84. The normalized spacial score (nSPS) is 17.0. The first-order valence-corrected chi connectivity index (χ1v) is 7.36. The average Bonchev–Trinajstić information content (AvgIpc) is 3.17. The third kappa shape index (κ3) is 3.87. The number of aryl methyl sites for hydroxylation is 1. The van der Waals surface area contributed by atoms with E-state index in [0.717, 1.165) is 24.2 Å². The summed E-state index contributed by atoms with van der Waals surface area (Å²) in [6.45, 7) is 3.75. The Bertz CT molecular complexity index is 617. The summed E-state index contributed by atoms with van der Waals surface area (Å²) in [5.74, 6) is -0.102. The van der Waals surface area contributed by atoms with Gasteiger partial charge in [-0.05, 0) is 32.4 Å². The maximum Gasteiger partial charge on any atom is 0.269 e. The molecule has 5 nitrogen and oxygen atoms in total. The van der Waals surface area contributed by atoms with Crippen molar-refractivity contribution in [2.24, 2.45) is 0 Å². The molecule has 0 aliphatic carbocycles. The zero-order valence-corrected chi connectivity index (χ0v) is 13.4. The van der Waals surface area contributed by atoms with E-state index < -0.39 is 0 Å². The maximum atomic E-state index is 12.1. The van der Waals surface area contributed by atoms with Crippen LogP contribution in [0, 0.1) is 6.92 Å². The van der Waals surface area contributed by atoms with E-state index in [0.29, 0.717) is 18.3 Å². The molecule has 3 rings (SSSR count). The van der Waals surface area contributed by atoms with Gasteiger partial charge < -0.3 is 10.6 Å². The van der Waals surface area contributed by atoms with Gasteiger partial charge in [0.05, 0.1) is 5.69 Å². The van der Waals surface area contributed by atoms with Crippen LogP contribution in [0.25, 0.3) is 11.3 Å². The minimum atomic E-state index is -0.102. The molecule has 1 aromatic carbocycles. The Balaban J connectivity index is 0.00000176. The van der Waals surface area contributed by atoms with E-state index in [9.17, 15) is 4.79 Å². The molecule has 0 bridgehead atoms. The van der Waals surface area contributed by atoms with Crippen molar-refractivity contribution in [3.63, 3.8) is 0 Å². The molecule has 0 saturated carbocycles. The molecule has 2 aromatic rings. The van der Waals surface area contributed by atoms with Crippen LogP contribution in [0.4, 0.5) is 0 Å².